The van der Waals surface area contributed by atoms with Crippen LogP contribution in [0.25, 0.3) is 33.8 Å². The van der Waals surface area contributed by atoms with Gasteiger partial charge in [0.05, 0.1) is 32.1 Å². The summed E-state index contributed by atoms with van der Waals surface area (Å²) in [5.74, 6) is 1.97. The van der Waals surface area contributed by atoms with E-state index in [0.29, 0.717) is 92.3 Å². The van der Waals surface area contributed by atoms with E-state index in [-0.39, 0.29) is 28.9 Å². The number of nitrogens with one attached hydrogen (secondary N) is 3. The molecule has 3 aliphatic heterocycles. The molecule has 3 saturated heterocycles. The van der Waals surface area contributed by atoms with Crippen molar-refractivity contribution in [2.24, 2.45) is 0 Å². The van der Waals surface area contributed by atoms with Crippen molar-refractivity contribution in [2.45, 2.75) is 149 Å². The number of halogens is 5. The minimum Gasteiger partial charge on any atom is -0.506 e. The number of hydrogen-bond donors (Lipinski definition) is 6. The van der Waals surface area contributed by atoms with Gasteiger partial charge in [-0.2, -0.15) is 0 Å². The van der Waals surface area contributed by atoms with Gasteiger partial charge in [0, 0.05) is 137 Å². The zero-order valence-corrected chi connectivity index (χ0v) is 59.0. The quantitative estimate of drug-likeness (QED) is 0.0355. The molecule has 0 spiro atoms. The van der Waals surface area contributed by atoms with Gasteiger partial charge < -0.3 is 31.3 Å². The average molecular weight is 1390 g/mol. The topological polar surface area (TPSA) is 184 Å². The first-order chi connectivity index (χ1) is 47.4. The van der Waals surface area contributed by atoms with Crippen molar-refractivity contribution in [1.82, 2.24) is 60.6 Å². The number of nitrogens with zero attached hydrogens (tertiary/aromatic N) is 9. The van der Waals surface area contributed by atoms with Crippen LogP contribution in [-0.2, 0) is 58.2 Å². The summed E-state index contributed by atoms with van der Waals surface area (Å²) in [6.45, 7) is 20.7. The number of aryl methyl sites for hydroxylation is 6. The summed E-state index contributed by atoms with van der Waals surface area (Å²) in [6, 6.07) is 43.1. The monoisotopic (exact) mass is 1390 g/mol. The zero-order chi connectivity index (χ0) is 69.1. The summed E-state index contributed by atoms with van der Waals surface area (Å²) in [5, 5.41) is 40.2. The highest BCUT2D eigenvalue weighted by atomic mass is 35.5. The van der Waals surface area contributed by atoms with E-state index >= 15 is 0 Å². The van der Waals surface area contributed by atoms with Crippen molar-refractivity contribution < 1.29 is 24.1 Å². The molecule has 9 aromatic rings. The maximum absolute atomic E-state index is 14.7. The molecule has 3 aliphatic rings. The summed E-state index contributed by atoms with van der Waals surface area (Å²) in [5.41, 5.74) is 11.0. The van der Waals surface area contributed by atoms with Gasteiger partial charge in [-0.1, -0.05) is 90.3 Å². The van der Waals surface area contributed by atoms with Crippen LogP contribution in [0, 0.1) is 11.6 Å². The Balaban J connectivity index is 0.000000159. The molecule has 0 saturated carbocycles. The van der Waals surface area contributed by atoms with Crippen LogP contribution in [-0.4, -0.2) is 136 Å². The number of phenolic OH excluding ortho intramolecular Hbond substituents is 3. The molecule has 516 valence electrons. The third-order valence-electron chi connectivity index (χ3n) is 18.5. The molecule has 20 heteroatoms. The lowest BCUT2D eigenvalue weighted by Crippen LogP contribution is -2.53. The van der Waals surface area contributed by atoms with E-state index in [2.05, 4.69) is 114 Å². The normalized spacial score (nSPS) is 18.1. The van der Waals surface area contributed by atoms with E-state index < -0.39 is 0 Å². The van der Waals surface area contributed by atoms with Gasteiger partial charge in [0.2, 0.25) is 0 Å². The number of likely N-dealkylation sites (N-methyl/N-ethyl adjacent to an activating group) is 1. The molecule has 3 fully saturated rings. The minimum atomic E-state index is -0.274. The van der Waals surface area contributed by atoms with Gasteiger partial charge in [-0.3, -0.25) is 14.7 Å². The van der Waals surface area contributed by atoms with Crippen LogP contribution in [0.15, 0.2) is 152 Å². The molecule has 0 bridgehead atoms. The highest BCUT2D eigenvalue weighted by Gasteiger charge is 2.26. The van der Waals surface area contributed by atoms with Gasteiger partial charge >= 0.3 is 0 Å². The predicted molar refractivity (Wildman–Crippen MR) is 390 cm³/mol. The molecule has 0 aliphatic carbocycles. The SMILES string of the molecule is CCN(Cc1cccc(-c2ccnc(CCCc3ccc(O)c(Cl)c3)n2)c1)C1CCNC1.C[C@@H]1CN(Cc2ccc(F)c(-c3ccnc(CCCc4ccc(O)c(Cl)c4)n3)c2)[C@@H](C)CN1.C[C@H]1CN(Cc2ccc(F)c(-c3ccnc(CCCc4ccc(O)c(Cl)c4)n3)c2)[C@@H](C)CN1. The molecular weight excluding hydrogens is 1300 g/mol. The molecular formula is C78H91Cl3F2N12O3. The Labute approximate surface area is 591 Å². The van der Waals surface area contributed by atoms with Crippen LogP contribution in [0.2, 0.25) is 15.1 Å². The second-order valence-electron chi connectivity index (χ2n) is 26.2. The summed E-state index contributed by atoms with van der Waals surface area (Å²) < 4.78 is 29.5. The van der Waals surface area contributed by atoms with Crippen molar-refractivity contribution in [1.29, 1.82) is 0 Å². The van der Waals surface area contributed by atoms with E-state index in [0.717, 1.165) is 155 Å². The largest absolute Gasteiger partial charge is 0.506 e. The summed E-state index contributed by atoms with van der Waals surface area (Å²) >= 11 is 18.0. The number of aromatic nitrogens is 6. The van der Waals surface area contributed by atoms with Gasteiger partial charge in [-0.25, -0.2) is 38.7 Å². The molecule has 3 aromatic heterocycles. The molecule has 12 rings (SSSR count). The average Bonchev–Trinajstić information content (AvgIpc) is 0.862. The smallest absolute Gasteiger partial charge is 0.134 e. The van der Waals surface area contributed by atoms with Crippen molar-refractivity contribution in [2.75, 3.05) is 45.8 Å². The van der Waals surface area contributed by atoms with Crippen LogP contribution in [0.1, 0.15) is 111 Å². The Morgan fingerprint density at radius 1 is 0.490 bits per heavy atom. The Hall–Kier alpha value is -7.55. The van der Waals surface area contributed by atoms with Crippen LogP contribution >= 0.6 is 34.8 Å². The molecule has 6 heterocycles. The predicted octanol–water partition coefficient (Wildman–Crippen LogP) is 14.9. The van der Waals surface area contributed by atoms with E-state index in [9.17, 15) is 24.1 Å². The van der Waals surface area contributed by atoms with Gasteiger partial charge in [-0.05, 0) is 204 Å². The third-order valence-corrected chi connectivity index (χ3v) is 19.4. The Morgan fingerprint density at radius 3 is 1.34 bits per heavy atom. The Bertz CT molecular complexity index is 3900. The molecule has 5 atom stereocenters. The number of rotatable bonds is 23. The van der Waals surface area contributed by atoms with Crippen molar-refractivity contribution in [3.63, 3.8) is 0 Å². The maximum atomic E-state index is 14.7. The molecule has 0 radical (unpaired) electrons. The second kappa shape index (κ2) is 36.0. The molecule has 1 unspecified atom stereocenters. The van der Waals surface area contributed by atoms with Crippen LogP contribution in [0.5, 0.6) is 17.2 Å². The number of phenols is 3. The molecule has 6 N–H and O–H groups in total. The Kier molecular flexibility index (Phi) is 26.9. The van der Waals surface area contributed by atoms with Gasteiger partial charge in [0.1, 0.15) is 46.4 Å². The van der Waals surface area contributed by atoms with E-state index in [1.807, 2.05) is 60.8 Å². The number of benzene rings is 6. The number of piperazine rings is 2. The zero-order valence-electron chi connectivity index (χ0n) is 56.7. The first kappa shape index (κ1) is 73.2. The lowest BCUT2D eigenvalue weighted by molar-refractivity contribution is 0.139. The van der Waals surface area contributed by atoms with E-state index in [1.54, 1.807) is 54.9 Å². The Morgan fingerprint density at radius 2 is 0.918 bits per heavy atom. The highest BCUT2D eigenvalue weighted by Crippen LogP contribution is 2.30. The van der Waals surface area contributed by atoms with Crippen LogP contribution in [0.4, 0.5) is 8.78 Å². The van der Waals surface area contributed by atoms with Crippen LogP contribution < -0.4 is 16.0 Å². The molecule has 98 heavy (non-hydrogen) atoms. The van der Waals surface area contributed by atoms with Gasteiger partial charge in [0.25, 0.3) is 0 Å². The maximum Gasteiger partial charge on any atom is 0.134 e. The number of hydrogen-bond acceptors (Lipinski definition) is 15. The van der Waals surface area contributed by atoms with Gasteiger partial charge in [-0.15, -0.1) is 0 Å². The summed E-state index contributed by atoms with van der Waals surface area (Å²) in [6.07, 6.45) is 13.6. The van der Waals surface area contributed by atoms with Crippen molar-refractivity contribution in [3.8, 4) is 51.0 Å². The second-order valence-corrected chi connectivity index (χ2v) is 27.4. The fourth-order valence-corrected chi connectivity index (χ4v) is 13.5. The van der Waals surface area contributed by atoms with E-state index in [1.165, 1.54) is 24.1 Å². The fourth-order valence-electron chi connectivity index (χ4n) is 12.8. The van der Waals surface area contributed by atoms with Gasteiger partial charge in [0.15, 0.2) is 0 Å². The first-order valence-corrected chi connectivity index (χ1v) is 35.5. The first-order valence-electron chi connectivity index (χ1n) is 34.3. The molecule has 0 amide bonds. The molecule has 15 nitrogen and oxygen atoms in total. The lowest BCUT2D eigenvalue weighted by atomic mass is 10.0. The summed E-state index contributed by atoms with van der Waals surface area (Å²) in [7, 11) is 0. The number of aromatic hydroxyl groups is 3. The standard InChI is InChI=1S/2C26H30ClFN4O.C26H31ClN4O/c2*1-17-15-32(18(2)14-30-17)16-20-6-8-23(28)21(12-20)24-10-11-29-26(31-24)5-3-4-19-7-9-25(33)22(27)13-19;1-2-31(22-11-13-28-17-22)18-20-6-3-7-21(15-20)24-12-14-29-26(30-24)8-4-5-19-9-10-25(32)23(27)16-19/h2*6-13,17-18,30,33H,3-5,14-16H2,1-2H3;3,6-7,9-10,12,14-16,22,28,32H,2,4-5,8,11,13,17-18H2,1H3/t17-,18+;17-,18-;/m10./s1. The highest BCUT2D eigenvalue weighted by molar-refractivity contribution is 6.32. The minimum absolute atomic E-state index is 0.0848. The van der Waals surface area contributed by atoms with Crippen LogP contribution in [0.3, 0.4) is 0 Å². The van der Waals surface area contributed by atoms with Crippen molar-refractivity contribution in [3.05, 3.63) is 230 Å². The van der Waals surface area contributed by atoms with E-state index in [4.69, 9.17) is 39.8 Å². The van der Waals surface area contributed by atoms with Crippen molar-refractivity contribution >= 4 is 34.8 Å². The fraction of sp³-hybridized carbons (Fsp3) is 0.385. The molecule has 6 aromatic carbocycles. The third kappa shape index (κ3) is 21.2. The lowest BCUT2D eigenvalue weighted by Gasteiger charge is -2.37. The summed E-state index contributed by atoms with van der Waals surface area (Å²) in [4.78, 5) is 34.7.